The molecule has 0 aliphatic heterocycles. The lowest BCUT2D eigenvalue weighted by Gasteiger charge is -2.22. The second-order valence-corrected chi connectivity index (χ2v) is 5.68. The van der Waals surface area contributed by atoms with Crippen molar-refractivity contribution >= 4 is 0 Å². The lowest BCUT2D eigenvalue weighted by atomic mass is 10.0. The summed E-state index contributed by atoms with van der Waals surface area (Å²) in [6, 6.07) is 10.9. The Bertz CT molecular complexity index is 639. The molecule has 2 unspecified atom stereocenters. The van der Waals surface area contributed by atoms with E-state index in [2.05, 4.69) is 5.32 Å². The number of hydrogen-bond donors (Lipinski definition) is 2. The zero-order chi connectivity index (χ0) is 15.6. The molecule has 0 aliphatic rings. The van der Waals surface area contributed by atoms with Crippen LogP contribution in [-0.4, -0.2) is 5.11 Å². The van der Waals surface area contributed by atoms with E-state index in [9.17, 15) is 9.50 Å². The number of aryl methyl sites for hydroxylation is 2. The topological polar surface area (TPSA) is 32.3 Å². The molecular weight excluding hydrogens is 265 g/mol. The number of benzene rings is 2. The van der Waals surface area contributed by atoms with Crippen molar-refractivity contribution in [2.24, 2.45) is 0 Å². The largest absolute Gasteiger partial charge is 0.508 e. The fourth-order valence-electron chi connectivity index (χ4n) is 2.46. The number of rotatable bonds is 4. The molecule has 2 aromatic carbocycles. The first-order chi connectivity index (χ1) is 9.88. The molecule has 0 saturated heterocycles. The molecule has 2 atom stereocenters. The molecule has 112 valence electrons. The first-order valence-corrected chi connectivity index (χ1v) is 7.20. The van der Waals surface area contributed by atoms with E-state index in [1.807, 2.05) is 39.0 Å². The molecule has 0 saturated carbocycles. The molecule has 0 fully saturated rings. The van der Waals surface area contributed by atoms with Crippen molar-refractivity contribution in [3.63, 3.8) is 0 Å². The van der Waals surface area contributed by atoms with E-state index in [4.69, 9.17) is 0 Å². The second-order valence-electron chi connectivity index (χ2n) is 5.68. The zero-order valence-corrected chi connectivity index (χ0v) is 12.9. The Morgan fingerprint density at radius 2 is 1.71 bits per heavy atom. The van der Waals surface area contributed by atoms with Gasteiger partial charge in [-0.1, -0.05) is 24.3 Å². The van der Waals surface area contributed by atoms with Crippen LogP contribution in [0, 0.1) is 19.7 Å². The molecule has 0 heterocycles. The number of halogens is 1. The van der Waals surface area contributed by atoms with Gasteiger partial charge in [0.1, 0.15) is 11.6 Å². The average molecular weight is 287 g/mol. The van der Waals surface area contributed by atoms with E-state index in [0.29, 0.717) is 5.56 Å². The molecule has 2 N–H and O–H groups in total. The van der Waals surface area contributed by atoms with Crippen molar-refractivity contribution in [3.05, 3.63) is 64.5 Å². The molecule has 0 amide bonds. The van der Waals surface area contributed by atoms with E-state index in [0.717, 1.165) is 16.7 Å². The molecule has 21 heavy (non-hydrogen) atoms. The monoisotopic (exact) mass is 287 g/mol. The molecule has 0 spiro atoms. The lowest BCUT2D eigenvalue weighted by molar-refractivity contribution is 0.437. The van der Waals surface area contributed by atoms with Crippen LogP contribution in [0.1, 0.15) is 48.2 Å². The van der Waals surface area contributed by atoms with Gasteiger partial charge in [-0.05, 0) is 56.5 Å². The van der Waals surface area contributed by atoms with E-state index in [-0.39, 0.29) is 23.7 Å². The normalized spacial score (nSPS) is 14.0. The van der Waals surface area contributed by atoms with Crippen LogP contribution in [0.15, 0.2) is 36.4 Å². The van der Waals surface area contributed by atoms with E-state index in [1.54, 1.807) is 25.1 Å². The van der Waals surface area contributed by atoms with Crippen molar-refractivity contribution in [2.45, 2.75) is 39.8 Å². The van der Waals surface area contributed by atoms with Crippen LogP contribution in [0.5, 0.6) is 5.75 Å². The highest BCUT2D eigenvalue weighted by molar-refractivity contribution is 5.38. The number of phenols is 1. The minimum Gasteiger partial charge on any atom is -0.508 e. The van der Waals surface area contributed by atoms with Crippen molar-refractivity contribution in [1.82, 2.24) is 5.32 Å². The maximum absolute atomic E-state index is 13.6. The summed E-state index contributed by atoms with van der Waals surface area (Å²) < 4.78 is 13.6. The van der Waals surface area contributed by atoms with Gasteiger partial charge in [0.05, 0.1) is 0 Å². The third-order valence-corrected chi connectivity index (χ3v) is 3.85. The summed E-state index contributed by atoms with van der Waals surface area (Å²) in [6.07, 6.45) is 0. The van der Waals surface area contributed by atoms with Crippen LogP contribution >= 0.6 is 0 Å². The Morgan fingerprint density at radius 3 is 2.33 bits per heavy atom. The quantitative estimate of drug-likeness (QED) is 0.864. The van der Waals surface area contributed by atoms with Crippen LogP contribution in [0.4, 0.5) is 4.39 Å². The molecular formula is C18H22FNO. The first-order valence-electron chi connectivity index (χ1n) is 7.20. The maximum atomic E-state index is 13.6. The smallest absolute Gasteiger partial charge is 0.126 e. The van der Waals surface area contributed by atoms with E-state index in [1.165, 1.54) is 0 Å². The Labute approximate surface area is 125 Å². The summed E-state index contributed by atoms with van der Waals surface area (Å²) in [7, 11) is 0. The predicted octanol–water partition coefficient (Wildman–Crippen LogP) is 4.56. The van der Waals surface area contributed by atoms with Crippen molar-refractivity contribution < 1.29 is 9.50 Å². The van der Waals surface area contributed by atoms with Crippen molar-refractivity contribution in [1.29, 1.82) is 0 Å². The van der Waals surface area contributed by atoms with Gasteiger partial charge in [0.15, 0.2) is 0 Å². The van der Waals surface area contributed by atoms with Gasteiger partial charge in [-0.3, -0.25) is 0 Å². The minimum atomic E-state index is -0.188. The summed E-state index contributed by atoms with van der Waals surface area (Å²) in [5.41, 5.74) is 3.42. The summed E-state index contributed by atoms with van der Waals surface area (Å²) >= 11 is 0. The first kappa shape index (κ1) is 15.5. The van der Waals surface area contributed by atoms with Gasteiger partial charge in [0, 0.05) is 17.6 Å². The predicted molar refractivity (Wildman–Crippen MR) is 83.9 cm³/mol. The summed E-state index contributed by atoms with van der Waals surface area (Å²) in [6.45, 7) is 7.68. The Balaban J connectivity index is 2.14. The van der Waals surface area contributed by atoms with Crippen molar-refractivity contribution in [2.75, 3.05) is 0 Å². The highest BCUT2D eigenvalue weighted by Gasteiger charge is 2.15. The fourth-order valence-corrected chi connectivity index (χ4v) is 2.46. The molecule has 0 radical (unpaired) electrons. The van der Waals surface area contributed by atoms with E-state index < -0.39 is 0 Å². The van der Waals surface area contributed by atoms with Gasteiger partial charge in [-0.15, -0.1) is 0 Å². The zero-order valence-electron chi connectivity index (χ0n) is 12.9. The van der Waals surface area contributed by atoms with E-state index >= 15 is 0 Å². The third kappa shape index (κ3) is 3.61. The number of nitrogens with one attached hydrogen (secondary N) is 1. The molecule has 0 aromatic heterocycles. The molecule has 0 aliphatic carbocycles. The summed E-state index contributed by atoms with van der Waals surface area (Å²) in [4.78, 5) is 0. The average Bonchev–Trinajstić information content (AvgIpc) is 2.41. The molecule has 2 nitrogen and oxygen atoms in total. The highest BCUT2D eigenvalue weighted by atomic mass is 19.1. The van der Waals surface area contributed by atoms with Crippen molar-refractivity contribution in [3.8, 4) is 5.75 Å². The number of phenolic OH excluding ortho intramolecular Hbond substituents is 1. The molecule has 0 bridgehead atoms. The number of hydrogen-bond acceptors (Lipinski definition) is 2. The van der Waals surface area contributed by atoms with Gasteiger partial charge in [-0.25, -0.2) is 4.39 Å². The SMILES string of the molecule is Cc1ccc(C(C)NC(C)c2ccc(C)c(F)c2)c(O)c1. The van der Waals surface area contributed by atoms with Gasteiger partial charge < -0.3 is 10.4 Å². The minimum absolute atomic E-state index is 0.00389. The van der Waals surface area contributed by atoms with Gasteiger partial charge in [-0.2, -0.15) is 0 Å². The molecule has 2 rings (SSSR count). The van der Waals surface area contributed by atoms with Gasteiger partial charge >= 0.3 is 0 Å². The Hall–Kier alpha value is -1.87. The maximum Gasteiger partial charge on any atom is 0.126 e. The number of aromatic hydroxyl groups is 1. The molecule has 2 aromatic rings. The van der Waals surface area contributed by atoms with Crippen LogP contribution in [0.25, 0.3) is 0 Å². The van der Waals surface area contributed by atoms with Crippen LogP contribution < -0.4 is 5.32 Å². The lowest BCUT2D eigenvalue weighted by Crippen LogP contribution is -2.22. The standard InChI is InChI=1S/C18H22FNO/c1-11-5-8-16(18(21)9-11)14(4)20-13(3)15-7-6-12(2)17(19)10-15/h5-10,13-14,20-21H,1-4H3. The molecule has 3 heteroatoms. The van der Waals surface area contributed by atoms with Gasteiger partial charge in [0.2, 0.25) is 0 Å². The highest BCUT2D eigenvalue weighted by Crippen LogP contribution is 2.27. The fraction of sp³-hybridized carbons (Fsp3) is 0.333. The second kappa shape index (κ2) is 6.27. The Kier molecular flexibility index (Phi) is 4.63. The summed E-state index contributed by atoms with van der Waals surface area (Å²) in [5.74, 6) is 0.101. The van der Waals surface area contributed by atoms with Crippen LogP contribution in [0.2, 0.25) is 0 Å². The third-order valence-electron chi connectivity index (χ3n) is 3.85. The van der Waals surface area contributed by atoms with Crippen LogP contribution in [-0.2, 0) is 0 Å². The van der Waals surface area contributed by atoms with Crippen LogP contribution in [0.3, 0.4) is 0 Å². The van der Waals surface area contributed by atoms with Gasteiger partial charge in [0.25, 0.3) is 0 Å². The summed E-state index contributed by atoms with van der Waals surface area (Å²) in [5, 5.41) is 13.4. The Morgan fingerprint density at radius 1 is 1.00 bits per heavy atom.